The molecular weight excluding hydrogens is 370 g/mol. The summed E-state index contributed by atoms with van der Waals surface area (Å²) in [5.41, 5.74) is 2.53. The summed E-state index contributed by atoms with van der Waals surface area (Å²) in [5, 5.41) is 15.4. The number of ketones is 1. The third-order valence-corrected chi connectivity index (χ3v) is 5.17. The van der Waals surface area contributed by atoms with Gasteiger partial charge in [0.15, 0.2) is 0 Å². The number of Topliss-reactive ketones (excluding diaryl/α,β-unsaturated/α-hetero) is 1. The van der Waals surface area contributed by atoms with Crippen LogP contribution in [0.25, 0.3) is 5.76 Å². The van der Waals surface area contributed by atoms with Crippen molar-refractivity contribution in [2.45, 2.75) is 26.8 Å². The molecule has 0 aliphatic carbocycles. The molecule has 3 rings (SSSR count). The van der Waals surface area contributed by atoms with Crippen molar-refractivity contribution in [2.75, 3.05) is 13.2 Å². The number of aliphatic hydroxyl groups excluding tert-OH is 1. The summed E-state index contributed by atoms with van der Waals surface area (Å²) >= 11 is 0. The third-order valence-electron chi connectivity index (χ3n) is 5.17. The Balaban J connectivity index is 2.20. The molecule has 0 saturated carbocycles. The lowest BCUT2D eigenvalue weighted by Gasteiger charge is -2.24. The molecular formula is C22H25N3O4. The second-order valence-corrected chi connectivity index (χ2v) is 6.93. The Bertz CT molecular complexity index is 1020. The van der Waals surface area contributed by atoms with Crippen LogP contribution in [-0.2, 0) is 16.6 Å². The molecule has 1 aliphatic heterocycles. The molecule has 0 bridgehead atoms. The fourth-order valence-electron chi connectivity index (χ4n) is 3.73. The summed E-state index contributed by atoms with van der Waals surface area (Å²) in [5.74, 6) is -0.937. The summed E-state index contributed by atoms with van der Waals surface area (Å²) in [7, 11) is 1.77. The molecule has 1 amide bonds. The van der Waals surface area contributed by atoms with E-state index in [1.807, 2.05) is 13.0 Å². The predicted molar refractivity (Wildman–Crippen MR) is 109 cm³/mol. The number of carbonyl (C=O) groups excluding carboxylic acids is 2. The minimum Gasteiger partial charge on any atom is -0.507 e. The molecule has 1 aromatic carbocycles. The van der Waals surface area contributed by atoms with Gasteiger partial charge in [0.05, 0.1) is 22.9 Å². The Kier molecular flexibility index (Phi) is 5.59. The number of aliphatic hydroxyl groups is 1. The van der Waals surface area contributed by atoms with E-state index >= 15 is 0 Å². The van der Waals surface area contributed by atoms with Gasteiger partial charge in [-0.2, -0.15) is 5.10 Å². The van der Waals surface area contributed by atoms with Crippen molar-refractivity contribution in [3.8, 4) is 5.75 Å². The van der Waals surface area contributed by atoms with Crippen molar-refractivity contribution in [3.63, 3.8) is 0 Å². The van der Waals surface area contributed by atoms with Crippen LogP contribution >= 0.6 is 0 Å². The molecule has 7 heteroatoms. The van der Waals surface area contributed by atoms with Gasteiger partial charge in [-0.1, -0.05) is 24.8 Å². The number of rotatable bonds is 6. The Morgan fingerprint density at radius 2 is 2.07 bits per heavy atom. The number of likely N-dealkylation sites (N-methyl/N-ethyl adjacent to an activating group) is 1. The smallest absolute Gasteiger partial charge is 0.295 e. The van der Waals surface area contributed by atoms with Crippen molar-refractivity contribution in [1.82, 2.24) is 14.7 Å². The Labute approximate surface area is 169 Å². The molecule has 29 heavy (non-hydrogen) atoms. The van der Waals surface area contributed by atoms with Crippen LogP contribution in [0.4, 0.5) is 0 Å². The van der Waals surface area contributed by atoms with Gasteiger partial charge < -0.3 is 14.7 Å². The van der Waals surface area contributed by atoms with E-state index < -0.39 is 17.7 Å². The average Bonchev–Trinajstić information content (AvgIpc) is 3.11. The maximum Gasteiger partial charge on any atom is 0.295 e. The maximum absolute atomic E-state index is 12.9. The van der Waals surface area contributed by atoms with Crippen molar-refractivity contribution < 1.29 is 19.4 Å². The van der Waals surface area contributed by atoms with E-state index in [4.69, 9.17) is 4.74 Å². The van der Waals surface area contributed by atoms with Gasteiger partial charge in [-0.25, -0.2) is 0 Å². The topological polar surface area (TPSA) is 84.7 Å². The zero-order valence-electron chi connectivity index (χ0n) is 17.1. The number of carbonyl (C=O) groups is 2. The minimum absolute atomic E-state index is 0.0666. The number of nitrogens with zero attached hydrogens (tertiary/aromatic N) is 3. The van der Waals surface area contributed by atoms with Crippen molar-refractivity contribution >= 4 is 17.4 Å². The van der Waals surface area contributed by atoms with Crippen LogP contribution in [0.5, 0.6) is 5.75 Å². The van der Waals surface area contributed by atoms with Gasteiger partial charge in [-0.3, -0.25) is 14.3 Å². The van der Waals surface area contributed by atoms with E-state index in [2.05, 4.69) is 11.7 Å². The summed E-state index contributed by atoms with van der Waals surface area (Å²) in [4.78, 5) is 27.0. The molecule has 1 unspecified atom stereocenters. The lowest BCUT2D eigenvalue weighted by molar-refractivity contribution is -0.139. The molecule has 0 radical (unpaired) electrons. The SMILES string of the molecule is C=CCOc1cccc(C2/C(=C(\O)c3c(C)nn(C)c3C)C(=O)C(=O)N2CC)c1. The second-order valence-electron chi connectivity index (χ2n) is 6.93. The third kappa shape index (κ3) is 3.44. The van der Waals surface area contributed by atoms with Gasteiger partial charge in [0.2, 0.25) is 0 Å². The number of hydrogen-bond acceptors (Lipinski definition) is 5. The number of aromatic nitrogens is 2. The number of hydrogen-bond donors (Lipinski definition) is 1. The number of aryl methyl sites for hydroxylation is 2. The van der Waals surface area contributed by atoms with Crippen molar-refractivity contribution in [1.29, 1.82) is 0 Å². The first-order chi connectivity index (χ1) is 13.8. The number of benzene rings is 1. The quantitative estimate of drug-likeness (QED) is 0.352. The Morgan fingerprint density at radius 3 is 2.66 bits per heavy atom. The fourth-order valence-corrected chi connectivity index (χ4v) is 3.73. The molecule has 2 aromatic rings. The first-order valence-corrected chi connectivity index (χ1v) is 9.44. The van der Waals surface area contributed by atoms with E-state index in [1.54, 1.807) is 49.9 Å². The predicted octanol–water partition coefficient (Wildman–Crippen LogP) is 3.04. The first kappa shape index (κ1) is 20.4. The number of ether oxygens (including phenoxy) is 1. The van der Waals surface area contributed by atoms with Crippen LogP contribution < -0.4 is 4.74 Å². The molecule has 1 atom stereocenters. The van der Waals surface area contributed by atoms with Gasteiger partial charge >= 0.3 is 0 Å². The van der Waals surface area contributed by atoms with Crippen molar-refractivity contribution in [3.05, 3.63) is 65.0 Å². The fraction of sp³-hybridized carbons (Fsp3) is 0.318. The highest BCUT2D eigenvalue weighted by atomic mass is 16.5. The summed E-state index contributed by atoms with van der Waals surface area (Å²) in [6.07, 6.45) is 1.64. The highest BCUT2D eigenvalue weighted by Crippen LogP contribution is 2.40. The van der Waals surface area contributed by atoms with Crippen LogP contribution in [0.2, 0.25) is 0 Å². The lowest BCUT2D eigenvalue weighted by atomic mass is 9.94. The summed E-state index contributed by atoms with van der Waals surface area (Å²) < 4.78 is 7.24. The van der Waals surface area contributed by atoms with E-state index in [0.717, 1.165) is 0 Å². The zero-order chi connectivity index (χ0) is 21.3. The molecule has 2 heterocycles. The summed E-state index contributed by atoms with van der Waals surface area (Å²) in [6, 6.07) is 6.48. The molecule has 7 nitrogen and oxygen atoms in total. The van der Waals surface area contributed by atoms with Crippen LogP contribution in [0.1, 0.15) is 35.5 Å². The van der Waals surface area contributed by atoms with Gasteiger partial charge in [-0.15, -0.1) is 0 Å². The van der Waals surface area contributed by atoms with Crippen LogP contribution in [0, 0.1) is 13.8 Å². The molecule has 0 spiro atoms. The van der Waals surface area contributed by atoms with E-state index in [0.29, 0.717) is 41.4 Å². The van der Waals surface area contributed by atoms with Crippen LogP contribution in [0.3, 0.4) is 0 Å². The summed E-state index contributed by atoms with van der Waals surface area (Å²) in [6.45, 7) is 9.68. The largest absolute Gasteiger partial charge is 0.507 e. The van der Waals surface area contributed by atoms with Crippen LogP contribution in [0.15, 0.2) is 42.5 Å². The van der Waals surface area contributed by atoms with Crippen molar-refractivity contribution in [2.24, 2.45) is 7.05 Å². The maximum atomic E-state index is 12.9. The molecule has 152 valence electrons. The molecule has 1 aromatic heterocycles. The van der Waals surface area contributed by atoms with Gasteiger partial charge in [-0.05, 0) is 38.5 Å². The van der Waals surface area contributed by atoms with E-state index in [-0.39, 0.29) is 11.3 Å². The van der Waals surface area contributed by atoms with Crippen LogP contribution in [-0.4, -0.2) is 44.6 Å². The molecule has 1 fully saturated rings. The average molecular weight is 395 g/mol. The zero-order valence-corrected chi connectivity index (χ0v) is 17.1. The van der Waals surface area contributed by atoms with Gasteiger partial charge in [0.25, 0.3) is 11.7 Å². The normalized spacial score (nSPS) is 18.3. The van der Waals surface area contributed by atoms with E-state index in [1.165, 1.54) is 4.90 Å². The Hall–Kier alpha value is -3.35. The highest BCUT2D eigenvalue weighted by molar-refractivity contribution is 6.46. The molecule has 1 N–H and O–H groups in total. The highest BCUT2D eigenvalue weighted by Gasteiger charge is 2.46. The lowest BCUT2D eigenvalue weighted by Crippen LogP contribution is -2.29. The number of likely N-dealkylation sites (tertiary alicyclic amines) is 1. The second kappa shape index (κ2) is 7.95. The molecule has 1 saturated heterocycles. The van der Waals surface area contributed by atoms with Gasteiger partial charge in [0, 0.05) is 19.3 Å². The first-order valence-electron chi connectivity index (χ1n) is 9.44. The standard InChI is InChI=1S/C22H25N3O4/c1-6-11-29-16-10-8-9-15(12-16)19-18(21(27)22(28)25(19)7-2)20(26)17-13(3)23-24(5)14(17)4/h6,8-10,12,19,26H,1,7,11H2,2-5H3/b20-18+. The van der Waals surface area contributed by atoms with E-state index in [9.17, 15) is 14.7 Å². The van der Waals surface area contributed by atoms with Gasteiger partial charge in [0.1, 0.15) is 18.1 Å². The number of amides is 1. The molecule has 1 aliphatic rings. The minimum atomic E-state index is -0.703. The monoisotopic (exact) mass is 395 g/mol. The Morgan fingerprint density at radius 1 is 1.34 bits per heavy atom.